The van der Waals surface area contributed by atoms with Crippen LogP contribution in [-0.4, -0.2) is 21.7 Å². The van der Waals surface area contributed by atoms with Crippen molar-refractivity contribution >= 4 is 56.3 Å². The quantitative estimate of drug-likeness (QED) is 0.230. The van der Waals surface area contributed by atoms with Crippen molar-refractivity contribution in [2.75, 3.05) is 0 Å². The molecule has 2 heterocycles. The number of nitrogens with zero attached hydrogens (tertiary/aromatic N) is 1. The van der Waals surface area contributed by atoms with Crippen molar-refractivity contribution in [1.29, 1.82) is 0 Å². The molecule has 8 aromatic rings. The van der Waals surface area contributed by atoms with Crippen LogP contribution in [0.4, 0.5) is 0 Å². The van der Waals surface area contributed by atoms with Crippen LogP contribution in [0.5, 0.6) is 0 Å². The zero-order valence-corrected chi connectivity index (χ0v) is 22.0. The van der Waals surface area contributed by atoms with Gasteiger partial charge in [0.15, 0.2) is 0 Å². The predicted molar refractivity (Wildman–Crippen MR) is 169 cm³/mol. The van der Waals surface area contributed by atoms with Gasteiger partial charge in [-0.2, -0.15) is 0 Å². The third-order valence-corrected chi connectivity index (χ3v) is 8.03. The molecule has 0 aliphatic rings. The maximum absolute atomic E-state index is 9.95. The van der Waals surface area contributed by atoms with Crippen molar-refractivity contribution < 1.29 is 14.5 Å². The van der Waals surface area contributed by atoms with E-state index in [4.69, 9.17) is 4.42 Å². The Morgan fingerprint density at radius 3 is 1.80 bits per heavy atom. The molecule has 2 aromatic heterocycles. The van der Waals surface area contributed by atoms with Crippen LogP contribution >= 0.6 is 0 Å². The third kappa shape index (κ3) is 3.71. The molecule has 0 aliphatic carbocycles. The second kappa shape index (κ2) is 9.24. The molecule has 194 valence electrons. The number of aromatic nitrogens is 1. The second-order valence-corrected chi connectivity index (χ2v) is 10.4. The maximum atomic E-state index is 9.95. The molecular weight excluding hydrogens is 505 g/mol. The van der Waals surface area contributed by atoms with Gasteiger partial charge in [0.1, 0.15) is 11.2 Å². The van der Waals surface area contributed by atoms with Crippen LogP contribution in [0.25, 0.3) is 71.7 Å². The molecule has 0 amide bonds. The van der Waals surface area contributed by atoms with Crippen molar-refractivity contribution in [2.24, 2.45) is 0 Å². The van der Waals surface area contributed by atoms with Gasteiger partial charge in [0.2, 0.25) is 0 Å². The van der Waals surface area contributed by atoms with E-state index in [1.54, 1.807) is 6.07 Å². The monoisotopic (exact) mass is 529 g/mol. The minimum absolute atomic E-state index is 0.361. The van der Waals surface area contributed by atoms with Gasteiger partial charge in [-0.3, -0.25) is 0 Å². The van der Waals surface area contributed by atoms with E-state index >= 15 is 0 Å². The molecule has 0 radical (unpaired) electrons. The molecule has 6 aromatic carbocycles. The minimum Gasteiger partial charge on any atom is -0.456 e. The summed E-state index contributed by atoms with van der Waals surface area (Å²) < 4.78 is 8.68. The van der Waals surface area contributed by atoms with Gasteiger partial charge in [-0.25, -0.2) is 0 Å². The van der Waals surface area contributed by atoms with Crippen LogP contribution in [-0.2, 0) is 0 Å². The number of furan rings is 1. The van der Waals surface area contributed by atoms with E-state index in [0.717, 1.165) is 49.6 Å². The lowest BCUT2D eigenvalue weighted by Gasteiger charge is -2.08. The lowest BCUT2D eigenvalue weighted by molar-refractivity contribution is 0.425. The fourth-order valence-electron chi connectivity index (χ4n) is 6.13. The Kier molecular flexibility index (Phi) is 5.35. The Morgan fingerprint density at radius 1 is 0.488 bits per heavy atom. The molecule has 0 saturated carbocycles. The summed E-state index contributed by atoms with van der Waals surface area (Å²) >= 11 is 0. The topological polar surface area (TPSA) is 58.5 Å². The maximum Gasteiger partial charge on any atom is 0.492 e. The zero-order valence-electron chi connectivity index (χ0n) is 22.0. The summed E-state index contributed by atoms with van der Waals surface area (Å²) in [5, 5.41) is 24.0. The molecule has 0 fully saturated rings. The van der Waals surface area contributed by atoms with Gasteiger partial charge in [0.25, 0.3) is 0 Å². The fraction of sp³-hybridized carbons (Fsp3) is 0. The average molecular weight is 529 g/mol. The van der Waals surface area contributed by atoms with Crippen molar-refractivity contribution in [2.45, 2.75) is 0 Å². The molecule has 2 N–H and O–H groups in total. The molecule has 0 saturated heterocycles. The van der Waals surface area contributed by atoms with Crippen molar-refractivity contribution in [3.63, 3.8) is 0 Å². The van der Waals surface area contributed by atoms with Gasteiger partial charge in [-0.05, 0) is 53.1 Å². The zero-order chi connectivity index (χ0) is 27.5. The molecule has 0 atom stereocenters. The standard InChI is InChI=1S/C36H24BNO3/c39-37(40)32-16-8-15-29-28-14-7-13-27(35(28)41-36(29)32)25-18-20-34-31(22-25)30-21-24(23-9-3-1-4-10-23)17-19-33(30)38(34)26-11-5-2-6-12-26/h1-22,39-40H. The van der Waals surface area contributed by atoms with Gasteiger partial charge < -0.3 is 19.0 Å². The summed E-state index contributed by atoms with van der Waals surface area (Å²) in [6, 6.07) is 45.8. The lowest BCUT2D eigenvalue weighted by atomic mass is 9.79. The Balaban J connectivity index is 1.41. The van der Waals surface area contributed by atoms with Crippen LogP contribution in [0.1, 0.15) is 0 Å². The smallest absolute Gasteiger partial charge is 0.456 e. The minimum atomic E-state index is -1.61. The summed E-state index contributed by atoms with van der Waals surface area (Å²) in [5.41, 5.74) is 9.32. The summed E-state index contributed by atoms with van der Waals surface area (Å²) in [5.74, 6) is 0. The highest BCUT2D eigenvalue weighted by Crippen LogP contribution is 2.40. The first-order chi connectivity index (χ1) is 20.2. The van der Waals surface area contributed by atoms with Crippen LogP contribution in [0.2, 0.25) is 0 Å². The molecule has 8 rings (SSSR count). The third-order valence-electron chi connectivity index (χ3n) is 8.03. The van der Waals surface area contributed by atoms with E-state index in [1.807, 2.05) is 36.4 Å². The first-order valence-corrected chi connectivity index (χ1v) is 13.7. The van der Waals surface area contributed by atoms with Crippen LogP contribution < -0.4 is 5.46 Å². The van der Waals surface area contributed by atoms with Gasteiger partial charge in [0.05, 0.1) is 11.0 Å². The van der Waals surface area contributed by atoms with Gasteiger partial charge in [-0.15, -0.1) is 0 Å². The highest BCUT2D eigenvalue weighted by molar-refractivity contribution is 6.61. The van der Waals surface area contributed by atoms with Crippen LogP contribution in [0.3, 0.4) is 0 Å². The Hall–Kier alpha value is -5.10. The number of para-hydroxylation sites is 3. The molecule has 0 spiro atoms. The second-order valence-electron chi connectivity index (χ2n) is 10.4. The Morgan fingerprint density at radius 2 is 1.10 bits per heavy atom. The number of hydrogen-bond donors (Lipinski definition) is 2. The number of hydrogen-bond acceptors (Lipinski definition) is 3. The first-order valence-electron chi connectivity index (χ1n) is 13.7. The molecule has 0 aliphatic heterocycles. The summed E-state index contributed by atoms with van der Waals surface area (Å²) in [4.78, 5) is 0. The first kappa shape index (κ1) is 23.8. The summed E-state index contributed by atoms with van der Waals surface area (Å²) in [6.07, 6.45) is 0. The summed E-state index contributed by atoms with van der Waals surface area (Å²) in [6.45, 7) is 0. The number of fused-ring (bicyclic) bond motifs is 6. The SMILES string of the molecule is OB(O)c1cccc2c1oc1c(-c3ccc4c(c3)c3cc(-c5ccccc5)ccc3n4-c3ccccc3)cccc12. The van der Waals surface area contributed by atoms with Gasteiger partial charge in [-0.1, -0.05) is 97.1 Å². The van der Waals surface area contributed by atoms with Crippen molar-refractivity contribution in [3.8, 4) is 27.9 Å². The Labute approximate surface area is 236 Å². The van der Waals surface area contributed by atoms with Gasteiger partial charge in [0, 0.05) is 38.3 Å². The van der Waals surface area contributed by atoms with Crippen molar-refractivity contribution in [1.82, 2.24) is 4.57 Å². The molecule has 0 unspecified atom stereocenters. The predicted octanol–water partition coefficient (Wildman–Crippen LogP) is 7.70. The summed E-state index contributed by atoms with van der Waals surface area (Å²) in [7, 11) is -1.61. The average Bonchev–Trinajstić information content (AvgIpc) is 3.57. The highest BCUT2D eigenvalue weighted by atomic mass is 16.4. The highest BCUT2D eigenvalue weighted by Gasteiger charge is 2.21. The van der Waals surface area contributed by atoms with E-state index in [-0.39, 0.29) is 0 Å². The number of rotatable bonds is 4. The largest absolute Gasteiger partial charge is 0.492 e. The fourth-order valence-corrected chi connectivity index (χ4v) is 6.13. The van der Waals surface area contributed by atoms with E-state index < -0.39 is 7.12 Å². The van der Waals surface area contributed by atoms with Crippen LogP contribution in [0, 0.1) is 0 Å². The molecular formula is C36H24BNO3. The van der Waals surface area contributed by atoms with E-state index in [0.29, 0.717) is 11.0 Å². The molecule has 5 heteroatoms. The lowest BCUT2D eigenvalue weighted by Crippen LogP contribution is -2.29. The van der Waals surface area contributed by atoms with Gasteiger partial charge >= 0.3 is 7.12 Å². The van der Waals surface area contributed by atoms with E-state index in [2.05, 4.69) is 95.6 Å². The van der Waals surface area contributed by atoms with Crippen LogP contribution in [0.15, 0.2) is 138 Å². The molecule has 4 nitrogen and oxygen atoms in total. The molecule has 0 bridgehead atoms. The normalized spacial score (nSPS) is 11.7. The molecule has 41 heavy (non-hydrogen) atoms. The van der Waals surface area contributed by atoms with Crippen molar-refractivity contribution in [3.05, 3.63) is 133 Å². The number of benzene rings is 6. The van der Waals surface area contributed by atoms with E-state index in [1.165, 1.54) is 16.5 Å². The Bertz CT molecular complexity index is 2230. The van der Waals surface area contributed by atoms with E-state index in [9.17, 15) is 10.0 Å².